The molecule has 1 aliphatic heterocycles. The average molecular weight is 192 g/mol. The van der Waals surface area contributed by atoms with Crippen molar-refractivity contribution in [3.8, 4) is 0 Å². The molecule has 1 nitrogen and oxygen atoms in total. The lowest BCUT2D eigenvalue weighted by Gasteiger charge is -2.21. The van der Waals surface area contributed by atoms with Crippen LogP contribution in [-0.4, -0.2) is 18.1 Å². The molecule has 0 aliphatic carbocycles. The van der Waals surface area contributed by atoms with Crippen LogP contribution in [0.2, 0.25) is 0 Å². The number of rotatable bonds is 2. The second-order valence-corrected chi connectivity index (χ2v) is 4.55. The van der Waals surface area contributed by atoms with Crippen molar-refractivity contribution in [2.24, 2.45) is 11.8 Å². The van der Waals surface area contributed by atoms with Gasteiger partial charge in [0.1, 0.15) is 6.10 Å². The lowest BCUT2D eigenvalue weighted by Crippen LogP contribution is -2.32. The number of halogens is 2. The fourth-order valence-electron chi connectivity index (χ4n) is 1.76. The van der Waals surface area contributed by atoms with Crippen LogP contribution in [0.4, 0.5) is 8.78 Å². The van der Waals surface area contributed by atoms with Gasteiger partial charge < -0.3 is 4.74 Å². The van der Waals surface area contributed by atoms with Gasteiger partial charge in [-0.25, -0.2) is 8.78 Å². The Morgan fingerprint density at radius 1 is 1.15 bits per heavy atom. The van der Waals surface area contributed by atoms with Crippen LogP contribution in [0.15, 0.2) is 0 Å². The summed E-state index contributed by atoms with van der Waals surface area (Å²) in [7, 11) is 0. The molecule has 0 aromatic carbocycles. The summed E-state index contributed by atoms with van der Waals surface area (Å²) >= 11 is 0. The zero-order valence-electron chi connectivity index (χ0n) is 8.68. The fourth-order valence-corrected chi connectivity index (χ4v) is 1.76. The van der Waals surface area contributed by atoms with Crippen LogP contribution in [0.5, 0.6) is 0 Å². The maximum atomic E-state index is 13.3. The molecule has 1 fully saturated rings. The Morgan fingerprint density at radius 3 is 1.92 bits per heavy atom. The first-order valence-corrected chi connectivity index (χ1v) is 4.88. The van der Waals surface area contributed by atoms with Crippen molar-refractivity contribution in [3.05, 3.63) is 0 Å². The van der Waals surface area contributed by atoms with E-state index in [1.807, 2.05) is 13.8 Å². The third kappa shape index (κ3) is 2.19. The molecule has 0 N–H and O–H groups in total. The van der Waals surface area contributed by atoms with E-state index in [4.69, 9.17) is 4.74 Å². The van der Waals surface area contributed by atoms with Crippen molar-refractivity contribution >= 4 is 0 Å². The molecule has 1 aliphatic rings. The standard InChI is InChI=1S/C10H18F2O/c1-6(2)8-5-10(11,12)9(13-8)7(3)4/h6-9H,5H2,1-4H3. The van der Waals surface area contributed by atoms with E-state index in [1.54, 1.807) is 13.8 Å². The van der Waals surface area contributed by atoms with E-state index < -0.39 is 12.0 Å². The van der Waals surface area contributed by atoms with Gasteiger partial charge in [0.25, 0.3) is 5.92 Å². The van der Waals surface area contributed by atoms with E-state index in [1.165, 1.54) is 0 Å². The average Bonchev–Trinajstić information content (AvgIpc) is 2.25. The van der Waals surface area contributed by atoms with Crippen molar-refractivity contribution < 1.29 is 13.5 Å². The van der Waals surface area contributed by atoms with Gasteiger partial charge >= 0.3 is 0 Å². The fraction of sp³-hybridized carbons (Fsp3) is 1.00. The molecule has 78 valence electrons. The molecule has 0 amide bonds. The van der Waals surface area contributed by atoms with Crippen molar-refractivity contribution in [1.29, 1.82) is 0 Å². The lowest BCUT2D eigenvalue weighted by molar-refractivity contribution is -0.0979. The van der Waals surface area contributed by atoms with Gasteiger partial charge in [-0.05, 0) is 11.8 Å². The molecule has 1 rings (SSSR count). The van der Waals surface area contributed by atoms with Crippen molar-refractivity contribution in [1.82, 2.24) is 0 Å². The van der Waals surface area contributed by atoms with Crippen LogP contribution in [0.1, 0.15) is 34.1 Å². The van der Waals surface area contributed by atoms with Gasteiger partial charge in [0.15, 0.2) is 0 Å². The smallest absolute Gasteiger partial charge is 0.276 e. The van der Waals surface area contributed by atoms with E-state index in [-0.39, 0.29) is 24.4 Å². The topological polar surface area (TPSA) is 9.23 Å². The Morgan fingerprint density at radius 2 is 1.69 bits per heavy atom. The van der Waals surface area contributed by atoms with E-state index >= 15 is 0 Å². The molecule has 1 heterocycles. The minimum atomic E-state index is -2.64. The summed E-state index contributed by atoms with van der Waals surface area (Å²) in [5.41, 5.74) is 0. The summed E-state index contributed by atoms with van der Waals surface area (Å²) < 4.78 is 32.0. The van der Waals surface area contributed by atoms with Crippen LogP contribution in [0.25, 0.3) is 0 Å². The van der Waals surface area contributed by atoms with Gasteiger partial charge in [0.05, 0.1) is 6.10 Å². The molecule has 0 spiro atoms. The third-order valence-electron chi connectivity index (χ3n) is 2.56. The van der Waals surface area contributed by atoms with Crippen molar-refractivity contribution in [3.63, 3.8) is 0 Å². The monoisotopic (exact) mass is 192 g/mol. The molecule has 2 atom stereocenters. The van der Waals surface area contributed by atoms with Crippen molar-refractivity contribution in [2.75, 3.05) is 0 Å². The van der Waals surface area contributed by atoms with Crippen LogP contribution in [0, 0.1) is 11.8 Å². The largest absolute Gasteiger partial charge is 0.368 e. The second kappa shape index (κ2) is 3.52. The first-order chi connectivity index (χ1) is 5.84. The van der Waals surface area contributed by atoms with Crippen LogP contribution in [-0.2, 0) is 4.74 Å². The first kappa shape index (κ1) is 10.9. The molecule has 1 saturated heterocycles. The molecule has 3 heteroatoms. The van der Waals surface area contributed by atoms with Crippen LogP contribution in [0.3, 0.4) is 0 Å². The number of ether oxygens (including phenoxy) is 1. The maximum absolute atomic E-state index is 13.3. The summed E-state index contributed by atoms with van der Waals surface area (Å²) in [4.78, 5) is 0. The summed E-state index contributed by atoms with van der Waals surface area (Å²) in [5.74, 6) is -2.57. The van der Waals surface area contributed by atoms with Gasteiger partial charge in [0.2, 0.25) is 0 Å². The Hall–Kier alpha value is -0.180. The minimum Gasteiger partial charge on any atom is -0.368 e. The zero-order chi connectivity index (χ0) is 10.2. The number of alkyl halides is 2. The second-order valence-electron chi connectivity index (χ2n) is 4.55. The Bertz CT molecular complexity index is 178. The predicted octanol–water partition coefficient (Wildman–Crippen LogP) is 3.09. The molecular weight excluding hydrogens is 174 g/mol. The van der Waals surface area contributed by atoms with Gasteiger partial charge in [-0.2, -0.15) is 0 Å². The highest BCUT2D eigenvalue weighted by atomic mass is 19.3. The van der Waals surface area contributed by atoms with Gasteiger partial charge in [0, 0.05) is 6.42 Å². The molecule has 0 radical (unpaired) electrons. The predicted molar refractivity (Wildman–Crippen MR) is 47.9 cm³/mol. The van der Waals surface area contributed by atoms with Gasteiger partial charge in [-0.1, -0.05) is 27.7 Å². The van der Waals surface area contributed by atoms with E-state index in [9.17, 15) is 8.78 Å². The van der Waals surface area contributed by atoms with E-state index in [0.717, 1.165) is 0 Å². The molecule has 13 heavy (non-hydrogen) atoms. The molecule has 0 saturated carbocycles. The Kier molecular flexibility index (Phi) is 2.95. The van der Waals surface area contributed by atoms with E-state index in [2.05, 4.69) is 0 Å². The first-order valence-electron chi connectivity index (χ1n) is 4.88. The molecule has 2 unspecified atom stereocenters. The van der Waals surface area contributed by atoms with Gasteiger partial charge in [-0.3, -0.25) is 0 Å². The molecule has 0 aromatic rings. The highest BCUT2D eigenvalue weighted by molar-refractivity contribution is 4.91. The molecule has 0 aromatic heterocycles. The van der Waals surface area contributed by atoms with Crippen LogP contribution >= 0.6 is 0 Å². The summed E-state index contributed by atoms with van der Waals surface area (Å²) in [5, 5.41) is 0. The maximum Gasteiger partial charge on any atom is 0.276 e. The molecule has 0 bridgehead atoms. The normalized spacial score (nSPS) is 33.2. The highest BCUT2D eigenvalue weighted by Crippen LogP contribution is 2.41. The molecular formula is C10H18F2O. The Labute approximate surface area is 78.5 Å². The quantitative estimate of drug-likeness (QED) is 0.653. The number of hydrogen-bond acceptors (Lipinski definition) is 1. The summed E-state index contributed by atoms with van der Waals surface area (Å²) in [6.07, 6.45) is -1.28. The Balaban J connectivity index is 2.68. The van der Waals surface area contributed by atoms with Crippen molar-refractivity contribution in [2.45, 2.75) is 52.2 Å². The third-order valence-corrected chi connectivity index (χ3v) is 2.56. The minimum absolute atomic E-state index is 0.112. The summed E-state index contributed by atoms with van der Waals surface area (Å²) in [6, 6.07) is 0. The van der Waals surface area contributed by atoms with Gasteiger partial charge in [-0.15, -0.1) is 0 Å². The summed E-state index contributed by atoms with van der Waals surface area (Å²) in [6.45, 7) is 7.40. The highest BCUT2D eigenvalue weighted by Gasteiger charge is 2.51. The van der Waals surface area contributed by atoms with E-state index in [0.29, 0.717) is 0 Å². The lowest BCUT2D eigenvalue weighted by atomic mass is 9.98. The SMILES string of the molecule is CC(C)C1CC(F)(F)C(C(C)C)O1. The zero-order valence-corrected chi connectivity index (χ0v) is 8.68. The number of hydrogen-bond donors (Lipinski definition) is 0. The van der Waals surface area contributed by atoms with Crippen LogP contribution < -0.4 is 0 Å².